The van der Waals surface area contributed by atoms with Crippen LogP contribution in [0.2, 0.25) is 0 Å². The van der Waals surface area contributed by atoms with Gasteiger partial charge in [-0.2, -0.15) is 0 Å². The molecule has 4 rings (SSSR count). The molecule has 2 aromatic rings. The summed E-state index contributed by atoms with van der Waals surface area (Å²) in [6.45, 7) is 2.76. The van der Waals surface area contributed by atoms with Gasteiger partial charge in [0.1, 0.15) is 17.6 Å². The number of fused-ring (bicyclic) bond motifs is 2. The van der Waals surface area contributed by atoms with Crippen LogP contribution in [0.4, 0.5) is 5.69 Å². The standard InChI is InChI=1S/C19H22N2O5S/c1-13-7-8-14(26-13)10-20-18(22)17-9-19(12-25-17)11-21(27(2,23)24)16-6-4-3-5-15(16)19/h3-8,17H,9-12H2,1-2H3,(H,20,22)/t17-,19-/m0/s1. The topological polar surface area (TPSA) is 88.9 Å². The van der Waals surface area contributed by atoms with Crippen LogP contribution in [0.3, 0.4) is 0 Å². The van der Waals surface area contributed by atoms with Gasteiger partial charge in [-0.05, 0) is 37.1 Å². The van der Waals surface area contributed by atoms with Crippen LogP contribution >= 0.6 is 0 Å². The maximum atomic E-state index is 12.5. The zero-order valence-corrected chi connectivity index (χ0v) is 16.1. The molecule has 1 N–H and O–H groups in total. The molecular weight excluding hydrogens is 368 g/mol. The normalized spacial score (nSPS) is 24.4. The summed E-state index contributed by atoms with van der Waals surface area (Å²) < 4.78 is 37.1. The summed E-state index contributed by atoms with van der Waals surface area (Å²) in [5.74, 6) is 1.26. The van der Waals surface area contributed by atoms with E-state index < -0.39 is 21.5 Å². The van der Waals surface area contributed by atoms with Crippen LogP contribution in [-0.2, 0) is 31.5 Å². The smallest absolute Gasteiger partial charge is 0.249 e. The molecule has 1 amide bonds. The lowest BCUT2D eigenvalue weighted by Crippen LogP contribution is -2.38. The van der Waals surface area contributed by atoms with E-state index in [-0.39, 0.29) is 5.91 Å². The van der Waals surface area contributed by atoms with Gasteiger partial charge < -0.3 is 14.5 Å². The Balaban J connectivity index is 1.50. The van der Waals surface area contributed by atoms with Crippen molar-refractivity contribution < 1.29 is 22.4 Å². The van der Waals surface area contributed by atoms with Crippen LogP contribution in [0.5, 0.6) is 0 Å². The van der Waals surface area contributed by atoms with E-state index in [0.717, 1.165) is 11.3 Å². The number of ether oxygens (including phenoxy) is 1. The molecule has 0 saturated carbocycles. The van der Waals surface area contributed by atoms with Crippen LogP contribution in [0.15, 0.2) is 40.8 Å². The number of benzene rings is 1. The quantitative estimate of drug-likeness (QED) is 0.859. The fourth-order valence-corrected chi connectivity index (χ4v) is 4.95. The molecule has 1 spiro atoms. The van der Waals surface area contributed by atoms with Gasteiger partial charge in [-0.3, -0.25) is 9.10 Å². The summed E-state index contributed by atoms with van der Waals surface area (Å²) in [4.78, 5) is 12.5. The third-order valence-corrected chi connectivity index (χ3v) is 6.38. The summed E-state index contributed by atoms with van der Waals surface area (Å²) in [5, 5.41) is 2.84. The van der Waals surface area contributed by atoms with Crippen molar-refractivity contribution in [2.24, 2.45) is 0 Å². The molecule has 27 heavy (non-hydrogen) atoms. The van der Waals surface area contributed by atoms with E-state index in [1.807, 2.05) is 37.3 Å². The average molecular weight is 390 g/mol. The molecule has 0 unspecified atom stereocenters. The van der Waals surface area contributed by atoms with Gasteiger partial charge in [-0.25, -0.2) is 8.42 Å². The zero-order valence-electron chi connectivity index (χ0n) is 15.3. The molecule has 3 heterocycles. The second-order valence-electron chi connectivity index (χ2n) is 7.30. The number of hydrogen-bond donors (Lipinski definition) is 1. The molecule has 7 nitrogen and oxygen atoms in total. The number of carbonyl (C=O) groups is 1. The summed E-state index contributed by atoms with van der Waals surface area (Å²) in [5.41, 5.74) is 1.10. The summed E-state index contributed by atoms with van der Waals surface area (Å²) in [6.07, 6.45) is 1.03. The Morgan fingerprint density at radius 3 is 2.78 bits per heavy atom. The number of carbonyl (C=O) groups excluding carboxylic acids is 1. The fraction of sp³-hybridized carbons (Fsp3) is 0.421. The summed E-state index contributed by atoms with van der Waals surface area (Å²) >= 11 is 0. The van der Waals surface area contributed by atoms with E-state index in [9.17, 15) is 13.2 Å². The molecule has 1 aromatic carbocycles. The lowest BCUT2D eigenvalue weighted by Gasteiger charge is -2.23. The number of nitrogens with one attached hydrogen (secondary N) is 1. The minimum atomic E-state index is -3.40. The summed E-state index contributed by atoms with van der Waals surface area (Å²) in [6, 6.07) is 11.1. The van der Waals surface area contributed by atoms with Crippen molar-refractivity contribution in [3.8, 4) is 0 Å². The number of sulfonamides is 1. The molecular formula is C19H22N2O5S. The Hall–Kier alpha value is -2.32. The highest BCUT2D eigenvalue weighted by Gasteiger charge is 2.52. The van der Waals surface area contributed by atoms with Gasteiger partial charge in [-0.1, -0.05) is 18.2 Å². The SMILES string of the molecule is Cc1ccc(CNC(=O)[C@@H]2C[C@@]3(CO2)CN(S(C)(=O)=O)c2ccccc23)o1. The summed E-state index contributed by atoms with van der Waals surface area (Å²) in [7, 11) is -3.40. The minimum Gasteiger partial charge on any atom is -0.465 e. The number of rotatable bonds is 4. The lowest BCUT2D eigenvalue weighted by atomic mass is 9.80. The fourth-order valence-electron chi connectivity index (χ4n) is 3.95. The van der Waals surface area contributed by atoms with Gasteiger partial charge in [0.25, 0.3) is 0 Å². The molecule has 1 saturated heterocycles. The van der Waals surface area contributed by atoms with Crippen molar-refractivity contribution in [1.82, 2.24) is 5.32 Å². The van der Waals surface area contributed by atoms with Crippen molar-refractivity contribution in [1.29, 1.82) is 0 Å². The molecule has 0 radical (unpaired) electrons. The first-order chi connectivity index (χ1) is 12.8. The maximum Gasteiger partial charge on any atom is 0.249 e. The molecule has 1 fully saturated rings. The Morgan fingerprint density at radius 1 is 1.30 bits per heavy atom. The van der Waals surface area contributed by atoms with Crippen molar-refractivity contribution in [3.05, 3.63) is 53.5 Å². The number of para-hydroxylation sites is 1. The number of nitrogens with zero attached hydrogens (tertiary/aromatic N) is 1. The van der Waals surface area contributed by atoms with E-state index in [2.05, 4.69) is 5.32 Å². The van der Waals surface area contributed by atoms with Crippen LogP contribution in [0.1, 0.15) is 23.5 Å². The average Bonchev–Trinajstić information content (AvgIpc) is 3.32. The Labute approximate surface area is 158 Å². The van der Waals surface area contributed by atoms with Crippen molar-refractivity contribution in [2.45, 2.75) is 31.4 Å². The first-order valence-electron chi connectivity index (χ1n) is 8.80. The highest BCUT2D eigenvalue weighted by Crippen LogP contribution is 2.48. The van der Waals surface area contributed by atoms with Crippen molar-refractivity contribution in [2.75, 3.05) is 23.7 Å². The van der Waals surface area contributed by atoms with Gasteiger partial charge >= 0.3 is 0 Å². The van der Waals surface area contributed by atoms with Crippen LogP contribution in [0.25, 0.3) is 0 Å². The molecule has 0 bridgehead atoms. The molecule has 8 heteroatoms. The number of furan rings is 1. The third-order valence-electron chi connectivity index (χ3n) is 5.25. The van der Waals surface area contributed by atoms with E-state index in [0.29, 0.717) is 37.6 Å². The van der Waals surface area contributed by atoms with E-state index >= 15 is 0 Å². The first-order valence-corrected chi connectivity index (χ1v) is 10.7. The minimum absolute atomic E-state index is 0.212. The van der Waals surface area contributed by atoms with Crippen LogP contribution in [-0.4, -0.2) is 39.8 Å². The van der Waals surface area contributed by atoms with Crippen LogP contribution in [0, 0.1) is 6.92 Å². The molecule has 2 atom stereocenters. The Bertz CT molecular complexity index is 983. The van der Waals surface area contributed by atoms with Gasteiger partial charge in [0.2, 0.25) is 15.9 Å². The molecule has 144 valence electrons. The first kappa shape index (κ1) is 18.1. The van der Waals surface area contributed by atoms with Crippen molar-refractivity contribution in [3.63, 3.8) is 0 Å². The largest absolute Gasteiger partial charge is 0.465 e. The molecule has 2 aliphatic rings. The maximum absolute atomic E-state index is 12.5. The predicted octanol–water partition coefficient (Wildman–Crippen LogP) is 1.71. The highest BCUT2D eigenvalue weighted by molar-refractivity contribution is 7.92. The Morgan fingerprint density at radius 2 is 2.07 bits per heavy atom. The molecule has 0 aliphatic carbocycles. The van der Waals surface area contributed by atoms with E-state index in [1.54, 1.807) is 6.07 Å². The second-order valence-corrected chi connectivity index (χ2v) is 9.21. The number of hydrogen-bond acceptors (Lipinski definition) is 5. The lowest BCUT2D eigenvalue weighted by molar-refractivity contribution is -0.130. The van der Waals surface area contributed by atoms with Gasteiger partial charge in [0.05, 0.1) is 25.1 Å². The van der Waals surface area contributed by atoms with Gasteiger partial charge in [0, 0.05) is 12.0 Å². The molecule has 2 aliphatic heterocycles. The Kier molecular flexibility index (Phi) is 4.27. The van der Waals surface area contributed by atoms with Crippen LogP contribution < -0.4 is 9.62 Å². The zero-order chi connectivity index (χ0) is 19.2. The highest BCUT2D eigenvalue weighted by atomic mass is 32.2. The van der Waals surface area contributed by atoms with E-state index in [4.69, 9.17) is 9.15 Å². The number of anilines is 1. The second kappa shape index (κ2) is 6.38. The van der Waals surface area contributed by atoms with E-state index in [1.165, 1.54) is 10.6 Å². The number of aryl methyl sites for hydroxylation is 1. The van der Waals surface area contributed by atoms with Crippen molar-refractivity contribution >= 4 is 21.6 Å². The van der Waals surface area contributed by atoms with Gasteiger partial charge in [-0.15, -0.1) is 0 Å². The third kappa shape index (κ3) is 3.23. The van der Waals surface area contributed by atoms with Gasteiger partial charge in [0.15, 0.2) is 0 Å². The monoisotopic (exact) mass is 390 g/mol. The number of amides is 1. The predicted molar refractivity (Wildman–Crippen MR) is 100.0 cm³/mol. The molecule has 1 aromatic heterocycles.